The number of anilines is 4. The molecule has 25 heavy (non-hydrogen) atoms. The zero-order valence-corrected chi connectivity index (χ0v) is 15.9. The lowest BCUT2D eigenvalue weighted by Crippen LogP contribution is -2.02. The van der Waals surface area contributed by atoms with Gasteiger partial charge in [0, 0.05) is 16.4 Å². The van der Waals surface area contributed by atoms with Crippen LogP contribution in [-0.4, -0.2) is 17.1 Å². The van der Waals surface area contributed by atoms with E-state index in [4.69, 9.17) is 4.74 Å². The standard InChI is InChI=1S/C19H19BrN4O/c1-12-4-7-17(25-3)16(10-12)23-19-21-9-8-18(24-19)22-15-6-5-14(20)11-13(15)2/h4-11H,1-3H3,(H2,21,22,23,24). The molecule has 128 valence electrons. The first kappa shape index (κ1) is 17.2. The Hall–Kier alpha value is -2.60. The van der Waals surface area contributed by atoms with Crippen molar-refractivity contribution >= 4 is 39.1 Å². The molecule has 0 spiro atoms. The topological polar surface area (TPSA) is 59.1 Å². The maximum atomic E-state index is 5.39. The Labute approximate surface area is 155 Å². The Morgan fingerprint density at radius 3 is 2.56 bits per heavy atom. The van der Waals surface area contributed by atoms with Crippen molar-refractivity contribution < 1.29 is 4.74 Å². The average Bonchev–Trinajstić information content (AvgIpc) is 2.58. The average molecular weight is 399 g/mol. The number of aryl methyl sites for hydroxylation is 2. The van der Waals surface area contributed by atoms with E-state index in [1.54, 1.807) is 13.3 Å². The van der Waals surface area contributed by atoms with Crippen LogP contribution in [0.4, 0.5) is 23.1 Å². The summed E-state index contributed by atoms with van der Waals surface area (Å²) >= 11 is 3.47. The Bertz CT molecular complexity index is 898. The number of hydrogen-bond acceptors (Lipinski definition) is 5. The minimum absolute atomic E-state index is 0.503. The quantitative estimate of drug-likeness (QED) is 0.606. The van der Waals surface area contributed by atoms with Gasteiger partial charge in [0.15, 0.2) is 0 Å². The zero-order chi connectivity index (χ0) is 17.8. The summed E-state index contributed by atoms with van der Waals surface area (Å²) in [5.74, 6) is 1.97. The van der Waals surface area contributed by atoms with Gasteiger partial charge in [0.2, 0.25) is 5.95 Å². The van der Waals surface area contributed by atoms with Crippen LogP contribution in [0.25, 0.3) is 0 Å². The van der Waals surface area contributed by atoms with Crippen LogP contribution in [0.15, 0.2) is 53.1 Å². The maximum Gasteiger partial charge on any atom is 0.229 e. The van der Waals surface area contributed by atoms with Crippen molar-refractivity contribution in [1.82, 2.24) is 9.97 Å². The molecule has 0 bridgehead atoms. The first-order valence-corrected chi connectivity index (χ1v) is 8.62. The number of methoxy groups -OCH3 is 1. The van der Waals surface area contributed by atoms with E-state index < -0.39 is 0 Å². The zero-order valence-electron chi connectivity index (χ0n) is 14.3. The number of benzene rings is 2. The van der Waals surface area contributed by atoms with Crippen LogP contribution in [0, 0.1) is 13.8 Å². The molecule has 2 aromatic carbocycles. The van der Waals surface area contributed by atoms with Gasteiger partial charge in [0.05, 0.1) is 12.8 Å². The molecule has 0 saturated carbocycles. The molecule has 0 amide bonds. The number of nitrogens with zero attached hydrogens (tertiary/aromatic N) is 2. The summed E-state index contributed by atoms with van der Waals surface area (Å²) in [6.07, 6.45) is 1.72. The molecule has 0 unspecified atom stereocenters. The van der Waals surface area contributed by atoms with Crippen molar-refractivity contribution in [2.75, 3.05) is 17.7 Å². The van der Waals surface area contributed by atoms with Gasteiger partial charge in [-0.15, -0.1) is 0 Å². The highest BCUT2D eigenvalue weighted by Gasteiger charge is 2.07. The number of halogens is 1. The van der Waals surface area contributed by atoms with Gasteiger partial charge < -0.3 is 15.4 Å². The van der Waals surface area contributed by atoms with E-state index in [9.17, 15) is 0 Å². The fourth-order valence-electron chi connectivity index (χ4n) is 2.43. The fraction of sp³-hybridized carbons (Fsp3) is 0.158. The van der Waals surface area contributed by atoms with Crippen LogP contribution in [-0.2, 0) is 0 Å². The van der Waals surface area contributed by atoms with Crippen LogP contribution in [0.5, 0.6) is 5.75 Å². The summed E-state index contributed by atoms with van der Waals surface area (Å²) < 4.78 is 6.44. The Morgan fingerprint density at radius 2 is 1.80 bits per heavy atom. The molecule has 0 saturated heterocycles. The summed E-state index contributed by atoms with van der Waals surface area (Å²) in [6, 6.07) is 13.8. The molecular weight excluding hydrogens is 380 g/mol. The highest BCUT2D eigenvalue weighted by atomic mass is 79.9. The Morgan fingerprint density at radius 1 is 0.960 bits per heavy atom. The monoisotopic (exact) mass is 398 g/mol. The molecular formula is C19H19BrN4O. The molecule has 0 fully saturated rings. The molecule has 5 nitrogen and oxygen atoms in total. The third kappa shape index (κ3) is 4.28. The van der Waals surface area contributed by atoms with E-state index in [1.165, 1.54) is 0 Å². The van der Waals surface area contributed by atoms with Crippen molar-refractivity contribution in [1.29, 1.82) is 0 Å². The number of nitrogens with one attached hydrogen (secondary N) is 2. The van der Waals surface area contributed by atoms with E-state index in [2.05, 4.69) is 42.6 Å². The lowest BCUT2D eigenvalue weighted by atomic mass is 10.2. The Balaban J connectivity index is 1.83. The largest absolute Gasteiger partial charge is 0.495 e. The van der Waals surface area contributed by atoms with Crippen LogP contribution in [0.3, 0.4) is 0 Å². The third-order valence-electron chi connectivity index (χ3n) is 3.71. The number of ether oxygens (including phenoxy) is 1. The normalized spacial score (nSPS) is 10.4. The number of aromatic nitrogens is 2. The summed E-state index contributed by atoms with van der Waals surface area (Å²) in [7, 11) is 1.64. The van der Waals surface area contributed by atoms with Gasteiger partial charge in [-0.1, -0.05) is 22.0 Å². The molecule has 0 aliphatic carbocycles. The molecule has 1 aromatic heterocycles. The maximum absolute atomic E-state index is 5.39. The second kappa shape index (κ2) is 7.53. The van der Waals surface area contributed by atoms with Gasteiger partial charge in [-0.05, 0) is 61.4 Å². The predicted octanol–water partition coefficient (Wildman–Crippen LogP) is 5.35. The van der Waals surface area contributed by atoms with Crippen molar-refractivity contribution in [3.8, 4) is 5.75 Å². The van der Waals surface area contributed by atoms with E-state index in [1.807, 2.05) is 50.2 Å². The summed E-state index contributed by atoms with van der Waals surface area (Å²) in [5.41, 5.74) is 4.09. The molecule has 2 N–H and O–H groups in total. The lowest BCUT2D eigenvalue weighted by Gasteiger charge is -2.13. The minimum Gasteiger partial charge on any atom is -0.495 e. The van der Waals surface area contributed by atoms with E-state index in [0.717, 1.165) is 38.5 Å². The molecule has 1 heterocycles. The SMILES string of the molecule is COc1ccc(C)cc1Nc1nccc(Nc2ccc(Br)cc2C)n1. The first-order chi connectivity index (χ1) is 12.0. The second-order valence-electron chi connectivity index (χ2n) is 5.68. The van der Waals surface area contributed by atoms with Gasteiger partial charge >= 0.3 is 0 Å². The van der Waals surface area contributed by atoms with Crippen LogP contribution < -0.4 is 15.4 Å². The van der Waals surface area contributed by atoms with E-state index >= 15 is 0 Å². The number of hydrogen-bond donors (Lipinski definition) is 2. The molecule has 0 aliphatic rings. The number of rotatable bonds is 5. The molecule has 3 rings (SSSR count). The van der Waals surface area contributed by atoms with Crippen LogP contribution in [0.2, 0.25) is 0 Å². The highest BCUT2D eigenvalue weighted by molar-refractivity contribution is 9.10. The van der Waals surface area contributed by atoms with Crippen molar-refractivity contribution in [2.45, 2.75) is 13.8 Å². The predicted molar refractivity (Wildman–Crippen MR) is 105 cm³/mol. The molecule has 0 aliphatic heterocycles. The van der Waals surface area contributed by atoms with Gasteiger partial charge in [0.25, 0.3) is 0 Å². The minimum atomic E-state index is 0.503. The van der Waals surface area contributed by atoms with Crippen molar-refractivity contribution in [3.63, 3.8) is 0 Å². The van der Waals surface area contributed by atoms with Gasteiger partial charge in [-0.25, -0.2) is 4.98 Å². The van der Waals surface area contributed by atoms with Crippen molar-refractivity contribution in [3.05, 3.63) is 64.3 Å². The van der Waals surface area contributed by atoms with E-state index in [0.29, 0.717) is 5.95 Å². The molecule has 0 radical (unpaired) electrons. The summed E-state index contributed by atoms with van der Waals surface area (Å²) in [6.45, 7) is 4.07. The smallest absolute Gasteiger partial charge is 0.229 e. The third-order valence-corrected chi connectivity index (χ3v) is 4.20. The summed E-state index contributed by atoms with van der Waals surface area (Å²) in [4.78, 5) is 8.82. The Kier molecular flexibility index (Phi) is 5.19. The first-order valence-electron chi connectivity index (χ1n) is 7.83. The van der Waals surface area contributed by atoms with Gasteiger partial charge in [0.1, 0.15) is 11.6 Å². The van der Waals surface area contributed by atoms with Crippen LogP contribution >= 0.6 is 15.9 Å². The second-order valence-corrected chi connectivity index (χ2v) is 6.59. The van der Waals surface area contributed by atoms with Gasteiger partial charge in [-0.2, -0.15) is 4.98 Å². The summed E-state index contributed by atoms with van der Waals surface area (Å²) in [5, 5.41) is 6.54. The van der Waals surface area contributed by atoms with Gasteiger partial charge in [-0.3, -0.25) is 0 Å². The van der Waals surface area contributed by atoms with E-state index in [-0.39, 0.29) is 0 Å². The fourth-order valence-corrected chi connectivity index (χ4v) is 2.91. The van der Waals surface area contributed by atoms with Crippen LogP contribution in [0.1, 0.15) is 11.1 Å². The van der Waals surface area contributed by atoms with Crippen molar-refractivity contribution in [2.24, 2.45) is 0 Å². The molecule has 3 aromatic rings. The molecule has 6 heteroatoms. The lowest BCUT2D eigenvalue weighted by molar-refractivity contribution is 0.416. The highest BCUT2D eigenvalue weighted by Crippen LogP contribution is 2.28. The molecule has 0 atom stereocenters.